The molecule has 21 heavy (non-hydrogen) atoms. The van der Waals surface area contributed by atoms with Crippen LogP contribution in [0, 0.1) is 6.92 Å². The minimum atomic E-state index is 0.899. The van der Waals surface area contributed by atoms with Crippen molar-refractivity contribution < 1.29 is 0 Å². The second-order valence-corrected chi connectivity index (χ2v) is 7.84. The Morgan fingerprint density at radius 1 is 1.10 bits per heavy atom. The fraction of sp³-hybridized carbons (Fsp3) is 0.778. The standard InChI is InChI=1S/C18H30N2S/c1-3-18-15(2)21-14-16(18)13-19-9-11-20(12-10-19)17-7-5-4-6-8-17/h14,17H,3-13H2,1-2H3. The van der Waals surface area contributed by atoms with Crippen molar-refractivity contribution in [1.82, 2.24) is 9.80 Å². The van der Waals surface area contributed by atoms with E-state index in [0.29, 0.717) is 0 Å². The summed E-state index contributed by atoms with van der Waals surface area (Å²) in [5.41, 5.74) is 3.20. The van der Waals surface area contributed by atoms with Gasteiger partial charge in [0, 0.05) is 43.6 Å². The van der Waals surface area contributed by atoms with Crippen molar-refractivity contribution in [3.63, 3.8) is 0 Å². The lowest BCUT2D eigenvalue weighted by molar-refractivity contribution is 0.0754. The van der Waals surface area contributed by atoms with Gasteiger partial charge in [0.2, 0.25) is 0 Å². The zero-order valence-corrected chi connectivity index (χ0v) is 14.6. The van der Waals surface area contributed by atoms with E-state index in [1.807, 2.05) is 11.3 Å². The highest BCUT2D eigenvalue weighted by molar-refractivity contribution is 7.10. The first kappa shape index (κ1) is 15.5. The molecule has 2 fully saturated rings. The first-order valence-electron chi connectivity index (χ1n) is 8.80. The van der Waals surface area contributed by atoms with Gasteiger partial charge in [0.05, 0.1) is 0 Å². The lowest BCUT2D eigenvalue weighted by Gasteiger charge is -2.40. The Bertz CT molecular complexity index is 440. The number of nitrogens with zero attached hydrogens (tertiary/aromatic N) is 2. The molecule has 1 aromatic rings. The number of thiophene rings is 1. The van der Waals surface area contributed by atoms with Crippen molar-refractivity contribution in [3.8, 4) is 0 Å². The average Bonchev–Trinajstić information content (AvgIpc) is 2.89. The average molecular weight is 307 g/mol. The van der Waals surface area contributed by atoms with Crippen molar-refractivity contribution in [3.05, 3.63) is 21.4 Å². The summed E-state index contributed by atoms with van der Waals surface area (Å²) in [6, 6.07) is 0.899. The van der Waals surface area contributed by atoms with Crippen LogP contribution in [0.25, 0.3) is 0 Å². The highest BCUT2D eigenvalue weighted by Gasteiger charge is 2.25. The molecule has 1 aliphatic carbocycles. The molecule has 0 aromatic carbocycles. The molecule has 0 bridgehead atoms. The largest absolute Gasteiger partial charge is 0.298 e. The van der Waals surface area contributed by atoms with E-state index in [2.05, 4.69) is 29.0 Å². The molecular weight excluding hydrogens is 276 g/mol. The van der Waals surface area contributed by atoms with Crippen molar-refractivity contribution in [2.75, 3.05) is 26.2 Å². The van der Waals surface area contributed by atoms with E-state index >= 15 is 0 Å². The van der Waals surface area contributed by atoms with Crippen LogP contribution in [0.2, 0.25) is 0 Å². The Balaban J connectivity index is 1.51. The van der Waals surface area contributed by atoms with Gasteiger partial charge in [0.1, 0.15) is 0 Å². The fourth-order valence-corrected chi connectivity index (χ4v) is 5.06. The number of hydrogen-bond acceptors (Lipinski definition) is 3. The van der Waals surface area contributed by atoms with Crippen molar-refractivity contribution in [2.24, 2.45) is 0 Å². The molecule has 3 rings (SSSR count). The highest BCUT2D eigenvalue weighted by Crippen LogP contribution is 2.26. The van der Waals surface area contributed by atoms with Crippen LogP contribution in [-0.2, 0) is 13.0 Å². The molecule has 2 nitrogen and oxygen atoms in total. The van der Waals surface area contributed by atoms with Gasteiger partial charge in [-0.15, -0.1) is 11.3 Å². The zero-order chi connectivity index (χ0) is 14.7. The number of piperazine rings is 1. The van der Waals surface area contributed by atoms with Crippen LogP contribution in [0.1, 0.15) is 55.0 Å². The normalized spacial score (nSPS) is 22.8. The van der Waals surface area contributed by atoms with E-state index in [1.165, 1.54) is 76.1 Å². The summed E-state index contributed by atoms with van der Waals surface area (Å²) in [4.78, 5) is 6.96. The molecule has 1 aliphatic heterocycles. The number of aryl methyl sites for hydroxylation is 1. The summed E-state index contributed by atoms with van der Waals surface area (Å²) < 4.78 is 0. The van der Waals surface area contributed by atoms with Crippen LogP contribution < -0.4 is 0 Å². The molecule has 0 radical (unpaired) electrons. The minimum absolute atomic E-state index is 0.899. The Hall–Kier alpha value is -0.380. The third-order valence-electron chi connectivity index (χ3n) is 5.44. The molecule has 0 N–H and O–H groups in total. The molecule has 0 atom stereocenters. The second-order valence-electron chi connectivity index (χ2n) is 6.75. The van der Waals surface area contributed by atoms with Crippen LogP contribution in [0.5, 0.6) is 0 Å². The van der Waals surface area contributed by atoms with Crippen LogP contribution in [-0.4, -0.2) is 42.0 Å². The highest BCUT2D eigenvalue weighted by atomic mass is 32.1. The Morgan fingerprint density at radius 2 is 1.81 bits per heavy atom. The molecule has 1 aromatic heterocycles. The van der Waals surface area contributed by atoms with Crippen molar-refractivity contribution in [1.29, 1.82) is 0 Å². The monoisotopic (exact) mass is 306 g/mol. The van der Waals surface area contributed by atoms with E-state index in [9.17, 15) is 0 Å². The van der Waals surface area contributed by atoms with Crippen LogP contribution in [0.15, 0.2) is 5.38 Å². The number of hydrogen-bond donors (Lipinski definition) is 0. The third-order valence-corrected chi connectivity index (χ3v) is 6.44. The molecule has 0 unspecified atom stereocenters. The van der Waals surface area contributed by atoms with Crippen molar-refractivity contribution in [2.45, 2.75) is 65.0 Å². The SMILES string of the molecule is CCc1c(CN2CCN(C3CCCCC3)CC2)csc1C. The molecule has 2 aliphatic rings. The van der Waals surface area contributed by atoms with Gasteiger partial charge < -0.3 is 0 Å². The molecule has 0 spiro atoms. The van der Waals surface area contributed by atoms with E-state index in [-0.39, 0.29) is 0 Å². The van der Waals surface area contributed by atoms with Gasteiger partial charge in [-0.2, -0.15) is 0 Å². The fourth-order valence-electron chi connectivity index (χ4n) is 4.11. The summed E-state index contributed by atoms with van der Waals surface area (Å²) >= 11 is 1.93. The summed E-state index contributed by atoms with van der Waals surface area (Å²) in [5, 5.41) is 2.39. The topological polar surface area (TPSA) is 6.48 Å². The van der Waals surface area contributed by atoms with E-state index in [1.54, 1.807) is 11.1 Å². The molecule has 0 amide bonds. The summed E-state index contributed by atoms with van der Waals surface area (Å²) in [7, 11) is 0. The molecule has 118 valence electrons. The maximum Gasteiger partial charge on any atom is 0.0245 e. The predicted molar refractivity (Wildman–Crippen MR) is 92.2 cm³/mol. The van der Waals surface area contributed by atoms with E-state index in [4.69, 9.17) is 0 Å². The van der Waals surface area contributed by atoms with E-state index < -0.39 is 0 Å². The second kappa shape index (κ2) is 7.26. The third kappa shape index (κ3) is 3.69. The maximum atomic E-state index is 2.77. The lowest BCUT2D eigenvalue weighted by atomic mass is 9.94. The maximum absolute atomic E-state index is 2.77. The number of rotatable bonds is 4. The Kier molecular flexibility index (Phi) is 5.36. The quantitative estimate of drug-likeness (QED) is 0.827. The van der Waals surface area contributed by atoms with Gasteiger partial charge in [-0.25, -0.2) is 0 Å². The van der Waals surface area contributed by atoms with Crippen LogP contribution >= 0.6 is 11.3 Å². The van der Waals surface area contributed by atoms with Crippen LogP contribution in [0.4, 0.5) is 0 Å². The first-order chi connectivity index (χ1) is 10.3. The zero-order valence-electron chi connectivity index (χ0n) is 13.7. The Labute approximate surface area is 134 Å². The van der Waals surface area contributed by atoms with Crippen molar-refractivity contribution >= 4 is 11.3 Å². The summed E-state index contributed by atoms with van der Waals surface area (Å²) in [5.74, 6) is 0. The predicted octanol–water partition coefficient (Wildman–Crippen LogP) is 4.07. The first-order valence-corrected chi connectivity index (χ1v) is 9.68. The van der Waals surface area contributed by atoms with Gasteiger partial charge in [0.25, 0.3) is 0 Å². The van der Waals surface area contributed by atoms with E-state index in [0.717, 1.165) is 6.04 Å². The Morgan fingerprint density at radius 3 is 2.48 bits per heavy atom. The lowest BCUT2D eigenvalue weighted by Crippen LogP contribution is -2.50. The smallest absolute Gasteiger partial charge is 0.0245 e. The molecular formula is C18H30N2S. The van der Waals surface area contributed by atoms with Crippen LogP contribution in [0.3, 0.4) is 0 Å². The summed E-state index contributed by atoms with van der Waals surface area (Å²) in [6.07, 6.45) is 8.46. The molecule has 1 saturated carbocycles. The molecule has 2 heterocycles. The van der Waals surface area contributed by atoms with Gasteiger partial charge in [-0.05, 0) is 42.7 Å². The molecule has 3 heteroatoms. The summed E-state index contributed by atoms with van der Waals surface area (Å²) in [6.45, 7) is 10.8. The van der Waals surface area contributed by atoms with Gasteiger partial charge >= 0.3 is 0 Å². The van der Waals surface area contributed by atoms with Gasteiger partial charge in [0.15, 0.2) is 0 Å². The van der Waals surface area contributed by atoms with Gasteiger partial charge in [-0.1, -0.05) is 26.2 Å². The molecule has 1 saturated heterocycles. The minimum Gasteiger partial charge on any atom is -0.298 e. The van der Waals surface area contributed by atoms with Gasteiger partial charge in [-0.3, -0.25) is 9.80 Å².